The largest absolute Gasteiger partial charge is 0.330 e. The van der Waals surface area contributed by atoms with Crippen molar-refractivity contribution < 1.29 is 0 Å². The second-order valence-electron chi connectivity index (χ2n) is 4.41. The molecule has 0 heterocycles. The van der Waals surface area contributed by atoms with Gasteiger partial charge in [-0.05, 0) is 30.2 Å². The Bertz CT molecular complexity index is 170. The summed E-state index contributed by atoms with van der Waals surface area (Å²) in [6, 6.07) is 0. The lowest BCUT2D eigenvalue weighted by Gasteiger charge is -1.97. The van der Waals surface area contributed by atoms with Crippen molar-refractivity contribution in [1.82, 2.24) is 0 Å². The van der Waals surface area contributed by atoms with Crippen LogP contribution in [0.1, 0.15) is 33.6 Å². The minimum absolute atomic E-state index is 0.471. The van der Waals surface area contributed by atoms with Gasteiger partial charge in [-0.25, -0.2) is 0 Å². The fourth-order valence-corrected chi connectivity index (χ4v) is 2.03. The van der Waals surface area contributed by atoms with E-state index >= 15 is 0 Å². The van der Waals surface area contributed by atoms with Crippen LogP contribution in [-0.4, -0.2) is 6.54 Å². The van der Waals surface area contributed by atoms with Crippen molar-refractivity contribution in [2.45, 2.75) is 33.6 Å². The van der Waals surface area contributed by atoms with Crippen molar-refractivity contribution in [3.05, 3.63) is 12.2 Å². The molecule has 0 spiro atoms. The van der Waals surface area contributed by atoms with E-state index in [0.717, 1.165) is 18.4 Å². The molecule has 0 saturated heterocycles. The van der Waals surface area contributed by atoms with Crippen LogP contribution in [0.2, 0.25) is 0 Å². The number of hydrogen-bond donors (Lipinski definition) is 1. The van der Waals surface area contributed by atoms with Gasteiger partial charge in [0.05, 0.1) is 0 Å². The molecule has 70 valence electrons. The third-order valence-corrected chi connectivity index (χ3v) is 3.19. The number of nitrogens with two attached hydrogens (primary N) is 1. The summed E-state index contributed by atoms with van der Waals surface area (Å²) in [6.45, 7) is 7.67. The summed E-state index contributed by atoms with van der Waals surface area (Å²) in [5.41, 5.74) is 6.14. The molecule has 0 aromatic heterocycles. The van der Waals surface area contributed by atoms with Gasteiger partial charge in [0, 0.05) is 0 Å². The number of allylic oxidation sites excluding steroid dienone is 2. The normalized spacial score (nSPS) is 32.7. The summed E-state index contributed by atoms with van der Waals surface area (Å²) >= 11 is 0. The second-order valence-corrected chi connectivity index (χ2v) is 4.41. The molecule has 1 saturated carbocycles. The highest BCUT2D eigenvalue weighted by atomic mass is 14.7. The first-order valence-electron chi connectivity index (χ1n) is 5.01. The van der Waals surface area contributed by atoms with E-state index in [0.29, 0.717) is 5.41 Å². The van der Waals surface area contributed by atoms with Crippen molar-refractivity contribution in [2.24, 2.45) is 23.0 Å². The van der Waals surface area contributed by atoms with Crippen LogP contribution in [0.4, 0.5) is 0 Å². The van der Waals surface area contributed by atoms with Gasteiger partial charge in [-0.15, -0.1) is 0 Å². The Morgan fingerprint density at radius 1 is 1.42 bits per heavy atom. The zero-order chi connectivity index (χ0) is 9.19. The van der Waals surface area contributed by atoms with E-state index in [2.05, 4.69) is 32.9 Å². The molecule has 1 fully saturated rings. The summed E-state index contributed by atoms with van der Waals surface area (Å²) < 4.78 is 0. The highest BCUT2D eigenvalue weighted by Gasteiger charge is 2.54. The van der Waals surface area contributed by atoms with E-state index < -0.39 is 0 Å². The van der Waals surface area contributed by atoms with Crippen LogP contribution < -0.4 is 5.73 Å². The van der Waals surface area contributed by atoms with Gasteiger partial charge in [0.1, 0.15) is 0 Å². The molecule has 2 unspecified atom stereocenters. The van der Waals surface area contributed by atoms with Gasteiger partial charge in [0.2, 0.25) is 0 Å². The summed E-state index contributed by atoms with van der Waals surface area (Å²) in [7, 11) is 0. The van der Waals surface area contributed by atoms with Crippen LogP contribution >= 0.6 is 0 Å². The Labute approximate surface area is 76.0 Å². The van der Waals surface area contributed by atoms with Gasteiger partial charge in [-0.1, -0.05) is 39.3 Å². The molecule has 12 heavy (non-hydrogen) atoms. The van der Waals surface area contributed by atoms with Gasteiger partial charge in [-0.2, -0.15) is 0 Å². The predicted octanol–water partition coefficient (Wildman–Crippen LogP) is 2.57. The van der Waals surface area contributed by atoms with Crippen molar-refractivity contribution in [3.8, 4) is 0 Å². The molecule has 2 N–H and O–H groups in total. The summed E-state index contributed by atoms with van der Waals surface area (Å²) in [5.74, 6) is 1.47. The van der Waals surface area contributed by atoms with E-state index in [4.69, 9.17) is 5.73 Å². The molecule has 1 rings (SSSR count). The van der Waals surface area contributed by atoms with E-state index in [1.54, 1.807) is 0 Å². The highest BCUT2D eigenvalue weighted by molar-refractivity contribution is 5.14. The topological polar surface area (TPSA) is 26.0 Å². The van der Waals surface area contributed by atoms with Gasteiger partial charge < -0.3 is 5.73 Å². The Balaban J connectivity index is 2.36. The van der Waals surface area contributed by atoms with Gasteiger partial charge >= 0.3 is 0 Å². The first-order valence-corrected chi connectivity index (χ1v) is 5.01. The number of rotatable bonds is 4. The Morgan fingerprint density at radius 3 is 2.50 bits per heavy atom. The third kappa shape index (κ3) is 1.71. The maximum absolute atomic E-state index is 5.67. The Kier molecular flexibility index (Phi) is 2.94. The molecule has 1 aliphatic rings. The van der Waals surface area contributed by atoms with Crippen LogP contribution in [0.5, 0.6) is 0 Å². The molecule has 0 aromatic rings. The zero-order valence-corrected chi connectivity index (χ0v) is 8.51. The highest BCUT2D eigenvalue weighted by Crippen LogP contribution is 2.58. The Morgan fingerprint density at radius 2 is 2.08 bits per heavy atom. The SMILES string of the molecule is CCC/C=C/C1C(CN)C1(C)C. The lowest BCUT2D eigenvalue weighted by atomic mass is 10.1. The molecule has 0 aliphatic heterocycles. The molecule has 1 nitrogen and oxygen atoms in total. The number of hydrogen-bond acceptors (Lipinski definition) is 1. The van der Waals surface area contributed by atoms with Crippen molar-refractivity contribution in [3.63, 3.8) is 0 Å². The monoisotopic (exact) mass is 167 g/mol. The van der Waals surface area contributed by atoms with Crippen LogP contribution in [0.25, 0.3) is 0 Å². The van der Waals surface area contributed by atoms with Gasteiger partial charge in [-0.3, -0.25) is 0 Å². The van der Waals surface area contributed by atoms with Crippen LogP contribution in [-0.2, 0) is 0 Å². The third-order valence-electron chi connectivity index (χ3n) is 3.19. The fourth-order valence-electron chi connectivity index (χ4n) is 2.03. The zero-order valence-electron chi connectivity index (χ0n) is 8.51. The molecule has 0 aromatic carbocycles. The smallest absolute Gasteiger partial charge is 0.00377 e. The second kappa shape index (κ2) is 3.61. The molecular formula is C11H21N. The lowest BCUT2D eigenvalue weighted by molar-refractivity contribution is 0.555. The first-order chi connectivity index (χ1) is 5.64. The molecule has 2 atom stereocenters. The molecule has 0 bridgehead atoms. The molecule has 1 aliphatic carbocycles. The van der Waals surface area contributed by atoms with Crippen molar-refractivity contribution in [2.75, 3.05) is 6.54 Å². The van der Waals surface area contributed by atoms with Crippen LogP contribution in [0.3, 0.4) is 0 Å². The standard InChI is InChI=1S/C11H21N/c1-4-5-6-7-9-10(8-12)11(9,2)3/h6-7,9-10H,4-5,8,12H2,1-3H3/b7-6+. The molecule has 0 radical (unpaired) electrons. The molecular weight excluding hydrogens is 146 g/mol. The fraction of sp³-hybridized carbons (Fsp3) is 0.818. The van der Waals surface area contributed by atoms with Gasteiger partial charge in [0.25, 0.3) is 0 Å². The molecule has 1 heteroatoms. The summed E-state index contributed by atoms with van der Waals surface area (Å²) in [4.78, 5) is 0. The summed E-state index contributed by atoms with van der Waals surface area (Å²) in [6.07, 6.45) is 7.13. The average molecular weight is 167 g/mol. The van der Waals surface area contributed by atoms with Gasteiger partial charge in [0.15, 0.2) is 0 Å². The van der Waals surface area contributed by atoms with E-state index in [-0.39, 0.29) is 0 Å². The lowest BCUT2D eigenvalue weighted by Crippen LogP contribution is -2.05. The Hall–Kier alpha value is -0.300. The minimum atomic E-state index is 0.471. The van der Waals surface area contributed by atoms with E-state index in [1.165, 1.54) is 12.8 Å². The van der Waals surface area contributed by atoms with Crippen LogP contribution in [0.15, 0.2) is 12.2 Å². The maximum atomic E-state index is 5.67. The van der Waals surface area contributed by atoms with E-state index in [9.17, 15) is 0 Å². The average Bonchev–Trinajstić information content (AvgIpc) is 2.54. The quantitative estimate of drug-likeness (QED) is 0.640. The minimum Gasteiger partial charge on any atom is -0.330 e. The van der Waals surface area contributed by atoms with E-state index in [1.807, 2.05) is 0 Å². The maximum Gasteiger partial charge on any atom is -0.00377 e. The molecule has 0 amide bonds. The van der Waals surface area contributed by atoms with Crippen molar-refractivity contribution in [1.29, 1.82) is 0 Å². The van der Waals surface area contributed by atoms with Crippen LogP contribution in [0, 0.1) is 17.3 Å². The van der Waals surface area contributed by atoms with Crippen molar-refractivity contribution >= 4 is 0 Å². The summed E-state index contributed by atoms with van der Waals surface area (Å²) in [5, 5.41) is 0. The number of unbranched alkanes of at least 4 members (excludes halogenated alkanes) is 1. The first kappa shape index (κ1) is 9.79. The predicted molar refractivity (Wildman–Crippen MR) is 53.9 cm³/mol.